The van der Waals surface area contributed by atoms with Crippen LogP contribution in [0.25, 0.3) is 0 Å². The molecule has 1 aliphatic heterocycles. The molecule has 24 heavy (non-hydrogen) atoms. The summed E-state index contributed by atoms with van der Waals surface area (Å²) in [4.78, 5) is 28.4. The molecular weight excluding hydrogens is 304 g/mol. The van der Waals surface area contributed by atoms with E-state index in [4.69, 9.17) is 4.74 Å². The maximum atomic E-state index is 12.9. The molecule has 132 valence electrons. The van der Waals surface area contributed by atoms with Crippen LogP contribution < -0.4 is 0 Å². The van der Waals surface area contributed by atoms with Gasteiger partial charge in [0.1, 0.15) is 0 Å². The van der Waals surface area contributed by atoms with Crippen molar-refractivity contribution in [3.63, 3.8) is 0 Å². The zero-order valence-corrected chi connectivity index (χ0v) is 15.0. The highest BCUT2D eigenvalue weighted by molar-refractivity contribution is 5.85. The van der Waals surface area contributed by atoms with Crippen molar-refractivity contribution < 1.29 is 14.3 Å². The Kier molecular flexibility index (Phi) is 6.79. The van der Waals surface area contributed by atoms with Crippen molar-refractivity contribution in [2.75, 3.05) is 26.8 Å². The first-order valence-electron chi connectivity index (χ1n) is 8.63. The van der Waals surface area contributed by atoms with E-state index in [0.29, 0.717) is 26.1 Å². The minimum absolute atomic E-state index is 0.0157. The van der Waals surface area contributed by atoms with Crippen LogP contribution >= 0.6 is 0 Å². The van der Waals surface area contributed by atoms with Gasteiger partial charge in [-0.2, -0.15) is 0 Å². The van der Waals surface area contributed by atoms with Crippen molar-refractivity contribution in [3.05, 3.63) is 35.4 Å². The minimum Gasteiger partial charge on any atom is -0.383 e. The van der Waals surface area contributed by atoms with E-state index < -0.39 is 0 Å². The Hall–Kier alpha value is -1.88. The highest BCUT2D eigenvalue weighted by atomic mass is 16.5. The number of benzene rings is 1. The first-order chi connectivity index (χ1) is 11.5. The Balaban J connectivity index is 2.11. The lowest BCUT2D eigenvalue weighted by molar-refractivity contribution is -0.144. The summed E-state index contributed by atoms with van der Waals surface area (Å²) in [6.45, 7) is 5.90. The minimum atomic E-state index is -0.0398. The van der Waals surface area contributed by atoms with Crippen LogP contribution in [0.1, 0.15) is 37.3 Å². The van der Waals surface area contributed by atoms with Gasteiger partial charge in [-0.3, -0.25) is 9.59 Å². The molecule has 2 rings (SSSR count). The van der Waals surface area contributed by atoms with Crippen LogP contribution in [-0.4, -0.2) is 54.5 Å². The van der Waals surface area contributed by atoms with Gasteiger partial charge in [-0.1, -0.05) is 24.3 Å². The van der Waals surface area contributed by atoms with Gasteiger partial charge in [0.15, 0.2) is 0 Å². The molecule has 1 heterocycles. The van der Waals surface area contributed by atoms with Gasteiger partial charge in [-0.25, -0.2) is 0 Å². The number of carbonyl (C=O) groups excluding carboxylic acids is 2. The number of carbonyl (C=O) groups is 2. The topological polar surface area (TPSA) is 49.9 Å². The standard InChI is InChI=1S/C19H28N2O3/c1-15-8-4-5-9-17(15)12-21(16(2)14-24-3)19(23)13-20-11-7-6-10-18(20)22/h4-5,8-9,16H,6-7,10-14H2,1-3H3. The molecule has 1 fully saturated rings. The Morgan fingerprint density at radius 3 is 2.75 bits per heavy atom. The smallest absolute Gasteiger partial charge is 0.242 e. The summed E-state index contributed by atoms with van der Waals surface area (Å²) >= 11 is 0. The molecule has 0 saturated carbocycles. The van der Waals surface area contributed by atoms with Gasteiger partial charge in [-0.15, -0.1) is 0 Å². The Morgan fingerprint density at radius 1 is 1.33 bits per heavy atom. The fourth-order valence-electron chi connectivity index (χ4n) is 3.08. The van der Waals surface area contributed by atoms with E-state index in [1.165, 1.54) is 0 Å². The SMILES string of the molecule is COCC(C)N(Cc1ccccc1C)C(=O)CN1CCCCC1=O. The van der Waals surface area contributed by atoms with Crippen molar-refractivity contribution in [1.82, 2.24) is 9.80 Å². The Bertz CT molecular complexity index is 573. The maximum absolute atomic E-state index is 12.9. The largest absolute Gasteiger partial charge is 0.383 e. The molecule has 1 unspecified atom stereocenters. The maximum Gasteiger partial charge on any atom is 0.242 e. The second kappa shape index (κ2) is 8.83. The number of aryl methyl sites for hydroxylation is 1. The van der Waals surface area contributed by atoms with Crippen LogP contribution in [0.5, 0.6) is 0 Å². The van der Waals surface area contributed by atoms with Crippen LogP contribution in [0.4, 0.5) is 0 Å². The zero-order chi connectivity index (χ0) is 17.5. The van der Waals surface area contributed by atoms with Crippen LogP contribution in [-0.2, 0) is 20.9 Å². The molecule has 0 radical (unpaired) electrons. The molecule has 0 aliphatic carbocycles. The van der Waals surface area contributed by atoms with Crippen molar-refractivity contribution >= 4 is 11.8 Å². The van der Waals surface area contributed by atoms with Gasteiger partial charge in [0.2, 0.25) is 11.8 Å². The molecule has 0 bridgehead atoms. The van der Waals surface area contributed by atoms with Crippen LogP contribution in [0.15, 0.2) is 24.3 Å². The van der Waals surface area contributed by atoms with Crippen molar-refractivity contribution in [1.29, 1.82) is 0 Å². The molecule has 0 N–H and O–H groups in total. The lowest BCUT2D eigenvalue weighted by atomic mass is 10.1. The number of nitrogens with zero attached hydrogens (tertiary/aromatic N) is 2. The summed E-state index contributed by atoms with van der Waals surface area (Å²) in [6.07, 6.45) is 2.46. The molecule has 5 heteroatoms. The number of piperidine rings is 1. The molecule has 2 amide bonds. The van der Waals surface area contributed by atoms with E-state index in [-0.39, 0.29) is 24.4 Å². The molecule has 5 nitrogen and oxygen atoms in total. The molecule has 1 aromatic carbocycles. The Morgan fingerprint density at radius 2 is 2.08 bits per heavy atom. The number of ether oxygens (including phenoxy) is 1. The van der Waals surface area contributed by atoms with Gasteiger partial charge in [-0.05, 0) is 37.8 Å². The average Bonchev–Trinajstić information content (AvgIpc) is 2.56. The molecule has 1 aliphatic rings. The van der Waals surface area contributed by atoms with Gasteiger partial charge < -0.3 is 14.5 Å². The molecule has 1 atom stereocenters. The van der Waals surface area contributed by atoms with Crippen LogP contribution in [0.3, 0.4) is 0 Å². The fraction of sp³-hybridized carbons (Fsp3) is 0.579. The summed E-state index contributed by atoms with van der Waals surface area (Å²) in [5.41, 5.74) is 2.28. The van der Waals surface area contributed by atoms with E-state index in [1.54, 1.807) is 12.0 Å². The van der Waals surface area contributed by atoms with Crippen molar-refractivity contribution in [2.45, 2.75) is 45.7 Å². The predicted molar refractivity (Wildman–Crippen MR) is 93.5 cm³/mol. The molecule has 1 aromatic rings. The lowest BCUT2D eigenvalue weighted by Gasteiger charge is -2.33. The van der Waals surface area contributed by atoms with E-state index in [9.17, 15) is 9.59 Å². The fourth-order valence-corrected chi connectivity index (χ4v) is 3.08. The Labute approximate surface area is 144 Å². The van der Waals surface area contributed by atoms with Crippen molar-refractivity contribution in [2.24, 2.45) is 0 Å². The van der Waals surface area contributed by atoms with Gasteiger partial charge in [0, 0.05) is 26.6 Å². The van der Waals surface area contributed by atoms with Crippen LogP contribution in [0, 0.1) is 6.92 Å². The van der Waals surface area contributed by atoms with Gasteiger partial charge in [0.05, 0.1) is 19.2 Å². The summed E-state index contributed by atoms with van der Waals surface area (Å²) in [6, 6.07) is 8.03. The van der Waals surface area contributed by atoms with E-state index in [2.05, 4.69) is 0 Å². The molecular formula is C19H28N2O3. The van der Waals surface area contributed by atoms with E-state index in [0.717, 1.165) is 24.0 Å². The summed E-state index contributed by atoms with van der Waals surface area (Å²) in [5.74, 6) is 0.0721. The summed E-state index contributed by atoms with van der Waals surface area (Å²) in [5, 5.41) is 0. The summed E-state index contributed by atoms with van der Waals surface area (Å²) in [7, 11) is 1.64. The van der Waals surface area contributed by atoms with Gasteiger partial charge >= 0.3 is 0 Å². The zero-order valence-electron chi connectivity index (χ0n) is 15.0. The molecule has 0 spiro atoms. The third kappa shape index (κ3) is 4.81. The molecule has 1 saturated heterocycles. The number of likely N-dealkylation sites (tertiary alicyclic amines) is 1. The second-order valence-corrected chi connectivity index (χ2v) is 6.52. The average molecular weight is 332 g/mol. The second-order valence-electron chi connectivity index (χ2n) is 6.52. The van der Waals surface area contributed by atoms with E-state index in [1.807, 2.05) is 43.0 Å². The molecule has 0 aromatic heterocycles. The number of hydrogen-bond acceptors (Lipinski definition) is 3. The first kappa shape index (κ1) is 18.5. The predicted octanol–water partition coefficient (Wildman–Crippen LogP) is 2.37. The van der Waals surface area contributed by atoms with Gasteiger partial charge in [0.25, 0.3) is 0 Å². The third-order valence-electron chi connectivity index (χ3n) is 4.61. The number of hydrogen-bond donors (Lipinski definition) is 0. The quantitative estimate of drug-likeness (QED) is 0.770. The highest BCUT2D eigenvalue weighted by Gasteiger charge is 2.26. The normalized spacial score (nSPS) is 16.1. The number of rotatable bonds is 7. The monoisotopic (exact) mass is 332 g/mol. The highest BCUT2D eigenvalue weighted by Crippen LogP contribution is 2.15. The number of methoxy groups -OCH3 is 1. The first-order valence-corrected chi connectivity index (χ1v) is 8.63. The van der Waals surface area contributed by atoms with Crippen molar-refractivity contribution in [3.8, 4) is 0 Å². The number of amides is 2. The lowest BCUT2D eigenvalue weighted by Crippen LogP contribution is -2.48. The summed E-state index contributed by atoms with van der Waals surface area (Å²) < 4.78 is 5.24. The third-order valence-corrected chi connectivity index (χ3v) is 4.61. The van der Waals surface area contributed by atoms with Crippen LogP contribution in [0.2, 0.25) is 0 Å². The van der Waals surface area contributed by atoms with E-state index >= 15 is 0 Å².